The number of carbonyl (C=O) groups is 3. The third-order valence-electron chi connectivity index (χ3n) is 15.6. The van der Waals surface area contributed by atoms with Gasteiger partial charge in [-0.3, -0.25) is 9.59 Å². The molecule has 0 aliphatic carbocycles. The Labute approximate surface area is 539 Å². The molecule has 0 unspecified atom stereocenters. The van der Waals surface area contributed by atoms with Crippen LogP contribution in [-0.4, -0.2) is 129 Å². The van der Waals surface area contributed by atoms with Crippen molar-refractivity contribution < 1.29 is 80.7 Å². The highest BCUT2D eigenvalue weighted by molar-refractivity contribution is 7.99. The van der Waals surface area contributed by atoms with Crippen molar-refractivity contribution in [3.05, 3.63) is 250 Å². The molecule has 3 aliphatic rings. The lowest BCUT2D eigenvalue weighted by Gasteiger charge is -2.51. The predicted octanol–water partition coefficient (Wildman–Crippen LogP) is 11.7. The summed E-state index contributed by atoms with van der Waals surface area (Å²) >= 11 is 1.30. The van der Waals surface area contributed by atoms with Crippen LogP contribution in [0.1, 0.15) is 58.9 Å². The van der Waals surface area contributed by atoms with E-state index < -0.39 is 116 Å². The van der Waals surface area contributed by atoms with Gasteiger partial charge in [-0.1, -0.05) is 187 Å². The van der Waals surface area contributed by atoms with Crippen molar-refractivity contribution in [1.82, 2.24) is 0 Å². The molecule has 0 radical (unpaired) electrons. The largest absolute Gasteiger partial charge is 0.497 e. The highest BCUT2D eigenvalue weighted by Gasteiger charge is 2.57. The molecule has 3 fully saturated rings. The Morgan fingerprint density at radius 1 is 0.478 bits per heavy atom. The molecule has 0 bridgehead atoms. The number of esters is 3. The zero-order chi connectivity index (χ0) is 64.0. The van der Waals surface area contributed by atoms with Gasteiger partial charge in [0.1, 0.15) is 72.7 Å². The molecular weight excluding hydrogens is 1200 g/mol. The Kier molecular flexibility index (Phi) is 24.8. The monoisotopic (exact) mass is 1270 g/mol. The number of hydrogen-bond acceptors (Lipinski definition) is 19. The third-order valence-corrected chi connectivity index (χ3v) is 16.7. The fraction of sp³-hybridized carbons (Fsp3) is 0.366. The number of ether oxygens (including phenoxy) is 14. The molecule has 92 heavy (non-hydrogen) atoms. The summed E-state index contributed by atoms with van der Waals surface area (Å²) in [5, 5.41) is 4.37. The van der Waals surface area contributed by atoms with Gasteiger partial charge in [0.15, 0.2) is 24.8 Å². The number of thioether (sulfide) groups is 1. The lowest BCUT2D eigenvalue weighted by Crippen LogP contribution is -2.67. The average molecular weight is 1270 g/mol. The second-order valence-electron chi connectivity index (χ2n) is 22.1. The highest BCUT2D eigenvalue weighted by atomic mass is 32.2. The van der Waals surface area contributed by atoms with E-state index in [4.69, 9.17) is 66.3 Å². The maximum Gasteiger partial charge on any atom is 0.338 e. The Morgan fingerprint density at radius 3 is 1.50 bits per heavy atom. The summed E-state index contributed by atoms with van der Waals surface area (Å²) in [5.74, 6) is -1.55. The van der Waals surface area contributed by atoms with E-state index in [9.17, 15) is 19.9 Å². The minimum atomic E-state index is -1.69. The van der Waals surface area contributed by atoms with Gasteiger partial charge in [0.05, 0.1) is 58.4 Å². The quantitative estimate of drug-likeness (QED) is 0.0139. The minimum Gasteiger partial charge on any atom is -0.497 e. The topological polar surface area (TPSA) is 229 Å². The molecule has 7 aromatic carbocycles. The summed E-state index contributed by atoms with van der Waals surface area (Å²) in [7, 11) is 1.58. The van der Waals surface area contributed by atoms with Crippen LogP contribution in [0.25, 0.3) is 10.4 Å². The van der Waals surface area contributed by atoms with Crippen LogP contribution in [0.2, 0.25) is 0 Å². The molecule has 10 rings (SSSR count). The Balaban J connectivity index is 1.09. The van der Waals surface area contributed by atoms with E-state index in [1.54, 1.807) is 37.4 Å². The Morgan fingerprint density at radius 2 is 0.957 bits per heavy atom. The van der Waals surface area contributed by atoms with Crippen molar-refractivity contribution >= 4 is 29.7 Å². The fourth-order valence-corrected chi connectivity index (χ4v) is 12.2. The maximum atomic E-state index is 14.5. The molecule has 7 aromatic rings. The van der Waals surface area contributed by atoms with Crippen molar-refractivity contribution in [2.75, 3.05) is 20.3 Å². The van der Waals surface area contributed by atoms with E-state index in [0.29, 0.717) is 5.75 Å². The molecule has 0 aromatic heterocycles. The average Bonchev–Trinajstić information content (AvgIpc) is 0.788. The van der Waals surface area contributed by atoms with Crippen LogP contribution in [0.5, 0.6) is 5.75 Å². The summed E-state index contributed by atoms with van der Waals surface area (Å²) in [6.45, 7) is 4.08. The predicted molar refractivity (Wildman–Crippen MR) is 337 cm³/mol. The van der Waals surface area contributed by atoms with Gasteiger partial charge in [0, 0.05) is 23.7 Å². The van der Waals surface area contributed by atoms with Crippen LogP contribution in [0.4, 0.5) is 0 Å². The van der Waals surface area contributed by atoms with Crippen molar-refractivity contribution in [3.8, 4) is 5.75 Å². The highest BCUT2D eigenvalue weighted by Crippen LogP contribution is 2.42. The van der Waals surface area contributed by atoms with E-state index in [1.807, 2.05) is 183 Å². The lowest BCUT2D eigenvalue weighted by molar-refractivity contribution is -0.365. The molecule has 3 saturated heterocycles. The van der Waals surface area contributed by atoms with Gasteiger partial charge in [0.25, 0.3) is 0 Å². The molecule has 0 spiro atoms. The van der Waals surface area contributed by atoms with E-state index in [0.717, 1.165) is 32.7 Å². The molecule has 3 heterocycles. The first-order valence-electron chi connectivity index (χ1n) is 30.4. The van der Waals surface area contributed by atoms with Gasteiger partial charge in [0.2, 0.25) is 0 Å². The normalized spacial score (nSPS) is 26.2. The van der Waals surface area contributed by atoms with Gasteiger partial charge in [-0.25, -0.2) is 4.79 Å². The first-order chi connectivity index (χ1) is 45.0. The van der Waals surface area contributed by atoms with E-state index in [1.165, 1.54) is 25.6 Å². The maximum absolute atomic E-state index is 14.5. The summed E-state index contributed by atoms with van der Waals surface area (Å²) in [5.41, 5.74) is 14.3. The van der Waals surface area contributed by atoms with E-state index in [2.05, 4.69) is 10.0 Å². The number of benzene rings is 7. The van der Waals surface area contributed by atoms with Crippen LogP contribution < -0.4 is 4.74 Å². The zero-order valence-corrected chi connectivity index (χ0v) is 52.2. The molecule has 482 valence electrons. The van der Waals surface area contributed by atoms with Gasteiger partial charge < -0.3 is 66.3 Å². The number of nitrogens with zero attached hydrogens (tertiary/aromatic N) is 3. The van der Waals surface area contributed by atoms with Gasteiger partial charge in [-0.15, -0.1) is 0 Å². The second-order valence-corrected chi connectivity index (χ2v) is 23.3. The second kappa shape index (κ2) is 34.1. The van der Waals surface area contributed by atoms with E-state index in [-0.39, 0.29) is 45.2 Å². The van der Waals surface area contributed by atoms with Gasteiger partial charge in [-0.2, -0.15) is 0 Å². The summed E-state index contributed by atoms with van der Waals surface area (Å²) < 4.78 is 93.7. The van der Waals surface area contributed by atoms with Crippen LogP contribution in [0.3, 0.4) is 0 Å². The lowest BCUT2D eigenvalue weighted by atomic mass is 9.94. The number of carbonyl (C=O) groups excluding carboxylic acids is 3. The standard InChI is InChI=1S/C71H75N3O17S/c1-46-60(81-40-50-25-13-6-14-26-50)65(67(89-68(77)54-31-19-9-20-32-54)71(85-46)92-56-33-21-10-22-34-56)91-69-59(73-74-72)63(62(86-48(3)76)58(87-69)45-80-47(2)75)90-70-66(84-43-53-35-37-55(78-4)38-36-53)64(83-42-52-29-17-8-18-30-52)61(82-41-51-27-15-7-16-28-51)57(88-70)44-79-39-49-23-11-5-12-24-49/h5-38,46,57-67,69-71H,39-45H2,1-4H3/t46-,57+,58+,59+,60-,61-,62+,63+,64-,65+,66+,67+,69+,70+,71-/m0/s1. The van der Waals surface area contributed by atoms with Crippen LogP contribution in [0, 0.1) is 0 Å². The summed E-state index contributed by atoms with van der Waals surface area (Å²) in [4.78, 5) is 45.1. The van der Waals surface area contributed by atoms with Crippen LogP contribution >= 0.6 is 11.8 Å². The van der Waals surface area contributed by atoms with Crippen molar-refractivity contribution in [2.45, 2.75) is 150 Å². The Hall–Kier alpha value is -7.99. The Bertz CT molecular complexity index is 3420. The van der Waals surface area contributed by atoms with Crippen LogP contribution in [0.15, 0.2) is 216 Å². The van der Waals surface area contributed by atoms with Gasteiger partial charge in [-0.05, 0) is 76.7 Å². The molecule has 0 amide bonds. The molecule has 0 N–H and O–H groups in total. The first-order valence-corrected chi connectivity index (χ1v) is 31.3. The molecule has 0 saturated carbocycles. The first kappa shape index (κ1) is 66.9. The number of methoxy groups -OCH3 is 1. The smallest absolute Gasteiger partial charge is 0.338 e. The SMILES string of the molecule is COc1ccc(CO[C@H]2[C@@H](O[C@@H]3[C@@H](N=[N+]=[N-])[C@@H](O[C@@H]4[C@@H](OCc5ccccc5)[C@H](C)O[C@@H](Sc5ccccc5)[C@@H]4OC(=O)c4ccccc4)O[C@H](COC(C)=O)[C@H]3OC(C)=O)O[C@H](COCc3ccccc3)[C@H](OCc3ccccc3)[C@@H]2OCc2ccccc2)cc1. The van der Waals surface area contributed by atoms with Crippen LogP contribution in [-0.2, 0) is 104 Å². The molecule has 3 aliphatic heterocycles. The third kappa shape index (κ3) is 18.6. The van der Waals surface area contributed by atoms with E-state index >= 15 is 0 Å². The van der Waals surface area contributed by atoms with Crippen molar-refractivity contribution in [3.63, 3.8) is 0 Å². The molecule has 21 heteroatoms. The number of azide groups is 1. The number of rotatable bonds is 29. The number of hydrogen-bond donors (Lipinski definition) is 0. The molecule has 15 atom stereocenters. The summed E-state index contributed by atoms with van der Waals surface area (Å²) in [6.07, 6.45) is -16.2. The summed E-state index contributed by atoms with van der Waals surface area (Å²) in [6, 6.07) is 62.0. The zero-order valence-electron chi connectivity index (χ0n) is 51.4. The van der Waals surface area contributed by atoms with Crippen molar-refractivity contribution in [2.24, 2.45) is 5.11 Å². The fourth-order valence-electron chi connectivity index (χ4n) is 11.1. The minimum absolute atomic E-state index is 0.0248. The van der Waals surface area contributed by atoms with Crippen molar-refractivity contribution in [1.29, 1.82) is 0 Å². The van der Waals surface area contributed by atoms with Gasteiger partial charge >= 0.3 is 17.9 Å². The molecule has 20 nitrogen and oxygen atoms in total. The molecular formula is C71H75N3O17S.